The van der Waals surface area contributed by atoms with Crippen LogP contribution in [0.3, 0.4) is 0 Å². The molecule has 0 unspecified atom stereocenters. The van der Waals surface area contributed by atoms with E-state index in [0.717, 1.165) is 38.5 Å². The first kappa shape index (κ1) is 51.2. The maximum Gasteiger partial charge on any atom is 0.329 e. The minimum absolute atomic E-state index is 0.0601. The van der Waals surface area contributed by atoms with Crippen molar-refractivity contribution in [1.82, 2.24) is 15.3 Å². The Kier molecular flexibility index (Phi) is 27.7. The lowest BCUT2D eigenvalue weighted by Gasteiger charge is -2.11. The number of carbonyl (C=O) groups is 4. The lowest BCUT2D eigenvalue weighted by molar-refractivity contribution is -0.143. The maximum atomic E-state index is 13.0. The van der Waals surface area contributed by atoms with Gasteiger partial charge in [-0.2, -0.15) is 0 Å². The number of benzene rings is 1. The largest absolute Gasteiger partial charge is 0.492 e. The molecule has 0 fully saturated rings. The second-order valence-electron chi connectivity index (χ2n) is 13.7. The molecule has 2 aromatic rings. The third kappa shape index (κ3) is 26.0. The first-order valence-corrected chi connectivity index (χ1v) is 22.2. The van der Waals surface area contributed by atoms with Crippen molar-refractivity contribution < 1.29 is 61.5 Å². The molecule has 0 bridgehead atoms. The molecule has 0 aliphatic heterocycles. The molecule has 1 amide bonds. The fraction of sp³-hybridized carbons (Fsp3) is 0.650. The summed E-state index contributed by atoms with van der Waals surface area (Å²) in [6, 6.07) is 4.18. The minimum atomic E-state index is -4.08. The van der Waals surface area contributed by atoms with Crippen LogP contribution in [-0.4, -0.2) is 118 Å². The van der Waals surface area contributed by atoms with Crippen molar-refractivity contribution in [3.8, 4) is 5.75 Å². The Balaban J connectivity index is 1.52. The molecule has 0 aliphatic carbocycles. The number of anilines is 1. The van der Waals surface area contributed by atoms with Gasteiger partial charge in [0.25, 0.3) is 15.9 Å². The number of carbonyl (C=O) groups excluding carboxylic acids is 2. The van der Waals surface area contributed by atoms with Gasteiger partial charge >= 0.3 is 11.9 Å². The van der Waals surface area contributed by atoms with Gasteiger partial charge in [-0.15, -0.1) is 0 Å². The van der Waals surface area contributed by atoms with Crippen molar-refractivity contribution in [2.45, 2.75) is 108 Å². The molecule has 19 heteroatoms. The van der Waals surface area contributed by atoms with Gasteiger partial charge in [-0.1, -0.05) is 82.2 Å². The summed E-state index contributed by atoms with van der Waals surface area (Å²) in [5.74, 6) is -2.16. The van der Waals surface area contributed by atoms with Gasteiger partial charge in [0.15, 0.2) is 5.78 Å². The highest BCUT2D eigenvalue weighted by atomic mass is 35.5. The highest BCUT2D eigenvalue weighted by Gasteiger charge is 2.18. The number of carboxylic acids is 2. The van der Waals surface area contributed by atoms with Crippen molar-refractivity contribution in [3.05, 3.63) is 41.2 Å². The Morgan fingerprint density at radius 3 is 1.78 bits per heavy atom. The maximum absolute atomic E-state index is 13.0. The van der Waals surface area contributed by atoms with E-state index in [2.05, 4.69) is 20.0 Å². The van der Waals surface area contributed by atoms with Crippen LogP contribution in [0.2, 0.25) is 5.02 Å². The SMILES string of the molecule is O=C(O)CCCCCCCCCCCCCCCOc1ccc(S(=O)(=O)Nc2ncc(C(=O)NCCOCCOCC(=O)CCCOCCOCC(=O)O)cn2)cc1Cl. The molecule has 0 spiro atoms. The summed E-state index contributed by atoms with van der Waals surface area (Å²) >= 11 is 6.35. The Hall–Kier alpha value is -3.94. The number of rotatable bonds is 38. The number of sulfonamides is 1. The lowest BCUT2D eigenvalue weighted by atomic mass is 10.0. The Morgan fingerprint density at radius 1 is 0.627 bits per heavy atom. The van der Waals surface area contributed by atoms with Crippen LogP contribution in [0.1, 0.15) is 113 Å². The number of carboxylic acid groups (broad SMARTS) is 2. The summed E-state index contributed by atoms with van der Waals surface area (Å²) in [6.45, 7) is 1.56. The molecule has 59 heavy (non-hydrogen) atoms. The number of nitrogens with zero attached hydrogens (tertiary/aromatic N) is 2. The van der Waals surface area contributed by atoms with Crippen molar-refractivity contribution in [2.24, 2.45) is 0 Å². The summed E-state index contributed by atoms with van der Waals surface area (Å²) in [5.41, 5.74) is 0.113. The van der Waals surface area contributed by atoms with Crippen LogP contribution in [0.15, 0.2) is 35.5 Å². The van der Waals surface area contributed by atoms with Gasteiger partial charge in [-0.3, -0.25) is 14.4 Å². The predicted molar refractivity (Wildman–Crippen MR) is 220 cm³/mol. The van der Waals surface area contributed by atoms with Gasteiger partial charge in [0, 0.05) is 38.4 Å². The summed E-state index contributed by atoms with van der Waals surface area (Å²) in [5, 5.41) is 19.9. The van der Waals surface area contributed by atoms with E-state index in [-0.39, 0.29) is 92.8 Å². The zero-order valence-corrected chi connectivity index (χ0v) is 35.4. The van der Waals surface area contributed by atoms with Gasteiger partial charge in [0.05, 0.1) is 55.1 Å². The molecule has 0 saturated carbocycles. The molecule has 332 valence electrons. The number of hydrogen-bond donors (Lipinski definition) is 4. The zero-order chi connectivity index (χ0) is 43.0. The third-order valence-corrected chi connectivity index (χ3v) is 10.3. The molecule has 1 heterocycles. The highest BCUT2D eigenvalue weighted by Crippen LogP contribution is 2.28. The molecule has 0 aliphatic rings. The molecule has 0 saturated heterocycles. The van der Waals surface area contributed by atoms with Crippen LogP contribution in [0, 0.1) is 0 Å². The molecule has 0 radical (unpaired) electrons. The topological polar surface area (TPSA) is 239 Å². The second kappa shape index (κ2) is 31.9. The van der Waals surface area contributed by atoms with Gasteiger partial charge in [-0.05, 0) is 37.5 Å². The van der Waals surface area contributed by atoms with Gasteiger partial charge in [-0.25, -0.2) is 27.9 Å². The normalized spacial score (nSPS) is 11.3. The van der Waals surface area contributed by atoms with E-state index in [1.165, 1.54) is 75.5 Å². The third-order valence-electron chi connectivity index (χ3n) is 8.65. The average Bonchev–Trinajstić information content (AvgIpc) is 3.20. The summed E-state index contributed by atoms with van der Waals surface area (Å²) in [6.07, 6.45) is 17.8. The molecule has 4 N–H and O–H groups in total. The van der Waals surface area contributed by atoms with Crippen molar-refractivity contribution >= 4 is 51.2 Å². The van der Waals surface area contributed by atoms with Gasteiger partial charge in [0.2, 0.25) is 5.95 Å². The number of aromatic nitrogens is 2. The second-order valence-corrected chi connectivity index (χ2v) is 15.8. The molecular weight excluding hydrogens is 812 g/mol. The molecule has 17 nitrogen and oxygen atoms in total. The first-order valence-electron chi connectivity index (χ1n) is 20.3. The Bertz CT molecular complexity index is 1620. The van der Waals surface area contributed by atoms with E-state index in [1.54, 1.807) is 0 Å². The van der Waals surface area contributed by atoms with Crippen LogP contribution in [0.5, 0.6) is 5.75 Å². The fourth-order valence-electron chi connectivity index (χ4n) is 5.52. The van der Waals surface area contributed by atoms with E-state index >= 15 is 0 Å². The molecule has 0 atom stereocenters. The smallest absolute Gasteiger partial charge is 0.329 e. The number of amides is 1. The predicted octanol–water partition coefficient (Wildman–Crippen LogP) is 6.09. The van der Waals surface area contributed by atoms with Gasteiger partial charge < -0.3 is 39.2 Å². The van der Waals surface area contributed by atoms with Crippen molar-refractivity contribution in [2.75, 3.05) is 70.7 Å². The number of unbranched alkanes of at least 4 members (excludes halogenated alkanes) is 12. The van der Waals surface area contributed by atoms with E-state index in [1.807, 2.05) is 0 Å². The summed E-state index contributed by atoms with van der Waals surface area (Å²) < 4.78 is 54.8. The lowest BCUT2D eigenvalue weighted by Crippen LogP contribution is -2.28. The average molecular weight is 873 g/mol. The number of aliphatic carboxylic acids is 2. The van der Waals surface area contributed by atoms with Crippen LogP contribution in [0.4, 0.5) is 5.95 Å². The molecule has 2 rings (SSSR count). The van der Waals surface area contributed by atoms with Crippen LogP contribution < -0.4 is 14.8 Å². The van der Waals surface area contributed by atoms with Crippen LogP contribution >= 0.6 is 11.6 Å². The van der Waals surface area contributed by atoms with Crippen LogP contribution in [-0.2, 0) is 43.4 Å². The minimum Gasteiger partial charge on any atom is -0.492 e. The fourth-order valence-corrected chi connectivity index (χ4v) is 6.80. The van der Waals surface area contributed by atoms with Crippen molar-refractivity contribution in [3.63, 3.8) is 0 Å². The van der Waals surface area contributed by atoms with E-state index in [4.69, 9.17) is 45.5 Å². The monoisotopic (exact) mass is 872 g/mol. The van der Waals surface area contributed by atoms with Gasteiger partial charge in [0.1, 0.15) is 19.0 Å². The number of hydrogen-bond acceptors (Lipinski definition) is 13. The van der Waals surface area contributed by atoms with Crippen LogP contribution in [0.25, 0.3) is 0 Å². The van der Waals surface area contributed by atoms with Crippen molar-refractivity contribution in [1.29, 1.82) is 0 Å². The quantitative estimate of drug-likeness (QED) is 0.0559. The Labute approximate surface area is 352 Å². The summed E-state index contributed by atoms with van der Waals surface area (Å²) in [4.78, 5) is 53.0. The first-order chi connectivity index (χ1) is 28.5. The number of Topliss-reactive ketones (excluding diaryl/α,β-unsaturated/α-hetero) is 1. The number of ether oxygens (including phenoxy) is 5. The molecule has 1 aromatic carbocycles. The summed E-state index contributed by atoms with van der Waals surface area (Å²) in [7, 11) is -4.08. The number of nitrogens with one attached hydrogen (secondary N) is 2. The van der Waals surface area contributed by atoms with E-state index < -0.39 is 27.9 Å². The standard InChI is InChI=1S/C40H61ClN4O13S/c41-35-27-34(17-18-36(35)58-21-13-11-9-7-5-3-1-2-4-6-8-10-12-16-37(47)48)59(52,53)45-40-43-28-32(29-44-40)39(51)42-19-22-55-24-25-56-30-33(46)15-14-20-54-23-26-57-31-38(49)50/h17-18,27-29H,1-16,19-26,30-31H2,(H,42,51)(H,47,48)(H,49,50)(H,43,44,45). The Morgan fingerprint density at radius 2 is 1.19 bits per heavy atom. The van der Waals surface area contributed by atoms with E-state index in [9.17, 15) is 27.6 Å². The zero-order valence-electron chi connectivity index (χ0n) is 33.8. The number of ketones is 1. The number of halogens is 1. The van der Waals surface area contributed by atoms with E-state index in [0.29, 0.717) is 25.4 Å². The molecule has 1 aromatic heterocycles. The molecular formula is C40H61ClN4O13S. The highest BCUT2D eigenvalue weighted by molar-refractivity contribution is 7.92.